The summed E-state index contributed by atoms with van der Waals surface area (Å²) in [7, 11) is 0. The van der Waals surface area contributed by atoms with Gasteiger partial charge in [0.25, 0.3) is 5.91 Å². The molecule has 2 aromatic carbocycles. The highest BCUT2D eigenvalue weighted by Gasteiger charge is 2.30. The van der Waals surface area contributed by atoms with Gasteiger partial charge in [0.2, 0.25) is 0 Å². The summed E-state index contributed by atoms with van der Waals surface area (Å²) in [5.41, 5.74) is 4.33. The van der Waals surface area contributed by atoms with Crippen molar-refractivity contribution >= 4 is 5.91 Å². The molecule has 5 nitrogen and oxygen atoms in total. The van der Waals surface area contributed by atoms with Gasteiger partial charge in [-0.3, -0.25) is 4.79 Å². The van der Waals surface area contributed by atoms with E-state index >= 15 is 0 Å². The molecule has 0 aliphatic carbocycles. The van der Waals surface area contributed by atoms with Gasteiger partial charge in [-0.25, -0.2) is 9.07 Å². The largest absolute Gasteiger partial charge is 0.387 e. The minimum Gasteiger partial charge on any atom is -0.387 e. The summed E-state index contributed by atoms with van der Waals surface area (Å²) >= 11 is 0. The lowest BCUT2D eigenvalue weighted by Crippen LogP contribution is -2.38. The lowest BCUT2D eigenvalue weighted by atomic mass is 9.97. The average Bonchev–Trinajstić information content (AvgIpc) is 2.96. The molecule has 2 heterocycles. The molecule has 0 fully saturated rings. The molecule has 1 aliphatic heterocycles. The molecule has 6 heteroatoms. The second-order valence-electron chi connectivity index (χ2n) is 6.83. The molecule has 1 amide bonds. The zero-order chi connectivity index (χ0) is 19.1. The Morgan fingerprint density at radius 1 is 1.15 bits per heavy atom. The van der Waals surface area contributed by atoms with Crippen LogP contribution in [0.25, 0.3) is 5.69 Å². The molecule has 0 saturated carbocycles. The molecule has 3 aromatic rings. The van der Waals surface area contributed by atoms with E-state index in [1.54, 1.807) is 28.6 Å². The van der Waals surface area contributed by atoms with Gasteiger partial charge in [0.15, 0.2) is 0 Å². The molecule has 0 bridgehead atoms. The first kappa shape index (κ1) is 17.4. The monoisotopic (exact) mass is 365 g/mol. The van der Waals surface area contributed by atoms with Gasteiger partial charge < -0.3 is 10.0 Å². The molecule has 1 aliphatic rings. The Kier molecular flexibility index (Phi) is 4.28. The van der Waals surface area contributed by atoms with Gasteiger partial charge in [-0.05, 0) is 49.2 Å². The van der Waals surface area contributed by atoms with Crippen LogP contribution in [0.3, 0.4) is 0 Å². The number of hydrogen-bond donors (Lipinski definition) is 1. The molecule has 1 aromatic heterocycles. The third-order valence-corrected chi connectivity index (χ3v) is 5.03. The predicted octanol–water partition coefficient (Wildman–Crippen LogP) is 3.32. The standard InChI is InChI=1S/C21H20FN3O2/c1-13-20(14(2)25(23-13)17-9-7-16(22)8-10-17)21(27)24-11-15-5-3-4-6-18(15)19(26)12-24/h3-10,19,26H,11-12H2,1-2H3/t19-/m1/s1. The summed E-state index contributed by atoms with van der Waals surface area (Å²) in [6, 6.07) is 13.6. The van der Waals surface area contributed by atoms with Crippen molar-refractivity contribution in [2.24, 2.45) is 0 Å². The van der Waals surface area contributed by atoms with E-state index < -0.39 is 6.10 Å². The lowest BCUT2D eigenvalue weighted by molar-refractivity contribution is 0.0548. The summed E-state index contributed by atoms with van der Waals surface area (Å²) in [6.45, 7) is 4.31. The molecule has 0 spiro atoms. The van der Waals surface area contributed by atoms with Crippen molar-refractivity contribution in [2.75, 3.05) is 6.54 Å². The highest BCUT2D eigenvalue weighted by Crippen LogP contribution is 2.28. The van der Waals surface area contributed by atoms with Gasteiger partial charge in [-0.15, -0.1) is 0 Å². The quantitative estimate of drug-likeness (QED) is 0.758. The minimum absolute atomic E-state index is 0.160. The van der Waals surface area contributed by atoms with Crippen LogP contribution in [0.2, 0.25) is 0 Å². The smallest absolute Gasteiger partial charge is 0.258 e. The molecular formula is C21H20FN3O2. The molecule has 0 radical (unpaired) electrons. The fourth-order valence-corrected chi connectivity index (χ4v) is 3.68. The fourth-order valence-electron chi connectivity index (χ4n) is 3.68. The van der Waals surface area contributed by atoms with Gasteiger partial charge in [-0.1, -0.05) is 24.3 Å². The molecule has 138 valence electrons. The summed E-state index contributed by atoms with van der Waals surface area (Å²) in [5, 5.41) is 14.9. The minimum atomic E-state index is -0.702. The van der Waals surface area contributed by atoms with Gasteiger partial charge in [0.05, 0.1) is 35.3 Å². The van der Waals surface area contributed by atoms with E-state index in [0.29, 0.717) is 29.2 Å². The van der Waals surface area contributed by atoms with Crippen molar-refractivity contribution in [1.82, 2.24) is 14.7 Å². The van der Waals surface area contributed by atoms with Crippen LogP contribution >= 0.6 is 0 Å². The number of aliphatic hydroxyl groups is 1. The van der Waals surface area contributed by atoms with Crippen LogP contribution < -0.4 is 0 Å². The number of rotatable bonds is 2. The number of β-amino-alcohol motifs (C(OH)–C–C–N with tert-alkyl or cyclic N) is 1. The maximum Gasteiger partial charge on any atom is 0.258 e. The van der Waals surface area contributed by atoms with Crippen molar-refractivity contribution in [3.05, 3.63) is 82.4 Å². The van der Waals surface area contributed by atoms with Crippen molar-refractivity contribution in [2.45, 2.75) is 26.5 Å². The Morgan fingerprint density at radius 2 is 1.85 bits per heavy atom. The second-order valence-corrected chi connectivity index (χ2v) is 6.83. The SMILES string of the molecule is Cc1nn(-c2ccc(F)cc2)c(C)c1C(=O)N1Cc2ccccc2[C@H](O)C1. The van der Waals surface area contributed by atoms with E-state index in [2.05, 4.69) is 5.10 Å². The molecule has 27 heavy (non-hydrogen) atoms. The number of fused-ring (bicyclic) bond motifs is 1. The maximum absolute atomic E-state index is 13.2. The first-order valence-corrected chi connectivity index (χ1v) is 8.83. The topological polar surface area (TPSA) is 58.4 Å². The van der Waals surface area contributed by atoms with E-state index in [-0.39, 0.29) is 18.3 Å². The number of carbonyl (C=O) groups excluding carboxylic acids is 1. The number of aromatic nitrogens is 2. The first-order chi connectivity index (χ1) is 13.0. The zero-order valence-electron chi connectivity index (χ0n) is 15.2. The Balaban J connectivity index is 1.68. The molecule has 4 rings (SSSR count). The normalized spacial score (nSPS) is 16.3. The Hall–Kier alpha value is -2.99. The Morgan fingerprint density at radius 3 is 2.59 bits per heavy atom. The van der Waals surface area contributed by atoms with Crippen LogP contribution in [0, 0.1) is 19.7 Å². The van der Waals surface area contributed by atoms with E-state index in [1.807, 2.05) is 31.2 Å². The van der Waals surface area contributed by atoms with Gasteiger partial charge >= 0.3 is 0 Å². The second kappa shape index (κ2) is 6.63. The Bertz CT molecular complexity index is 1010. The van der Waals surface area contributed by atoms with Gasteiger partial charge in [-0.2, -0.15) is 5.10 Å². The molecule has 0 saturated heterocycles. The van der Waals surface area contributed by atoms with E-state index in [1.165, 1.54) is 12.1 Å². The number of aryl methyl sites for hydroxylation is 1. The van der Waals surface area contributed by atoms with Crippen LogP contribution in [0.1, 0.15) is 39.0 Å². The highest BCUT2D eigenvalue weighted by molar-refractivity contribution is 5.96. The third kappa shape index (κ3) is 3.02. The van der Waals surface area contributed by atoms with Crippen LogP contribution in [0.15, 0.2) is 48.5 Å². The van der Waals surface area contributed by atoms with Crippen molar-refractivity contribution in [3.8, 4) is 5.69 Å². The summed E-state index contributed by atoms with van der Waals surface area (Å²) in [4.78, 5) is 14.8. The summed E-state index contributed by atoms with van der Waals surface area (Å²) in [5.74, 6) is -0.482. The number of carbonyl (C=O) groups is 1. The number of halogens is 1. The van der Waals surface area contributed by atoms with Crippen molar-refractivity contribution in [3.63, 3.8) is 0 Å². The number of nitrogens with zero attached hydrogens (tertiary/aromatic N) is 3. The fraction of sp³-hybridized carbons (Fsp3) is 0.238. The summed E-state index contributed by atoms with van der Waals surface area (Å²) < 4.78 is 14.9. The Labute approximate surface area is 156 Å². The van der Waals surface area contributed by atoms with Crippen molar-refractivity contribution < 1.29 is 14.3 Å². The molecule has 1 atom stereocenters. The van der Waals surface area contributed by atoms with Crippen LogP contribution in [0.4, 0.5) is 4.39 Å². The maximum atomic E-state index is 13.2. The van der Waals surface area contributed by atoms with Crippen LogP contribution in [0.5, 0.6) is 0 Å². The van der Waals surface area contributed by atoms with Crippen molar-refractivity contribution in [1.29, 1.82) is 0 Å². The average molecular weight is 365 g/mol. The molecule has 1 N–H and O–H groups in total. The number of amides is 1. The van der Waals surface area contributed by atoms with E-state index in [9.17, 15) is 14.3 Å². The van der Waals surface area contributed by atoms with Crippen LogP contribution in [-0.2, 0) is 6.54 Å². The molecule has 0 unspecified atom stereocenters. The zero-order valence-corrected chi connectivity index (χ0v) is 15.2. The van der Waals surface area contributed by atoms with Crippen LogP contribution in [-0.4, -0.2) is 32.2 Å². The number of aliphatic hydroxyl groups excluding tert-OH is 1. The highest BCUT2D eigenvalue weighted by atomic mass is 19.1. The lowest BCUT2D eigenvalue weighted by Gasteiger charge is -2.32. The summed E-state index contributed by atoms with van der Waals surface area (Å²) in [6.07, 6.45) is -0.702. The van der Waals surface area contributed by atoms with E-state index in [4.69, 9.17) is 0 Å². The van der Waals surface area contributed by atoms with Gasteiger partial charge in [0, 0.05) is 6.54 Å². The van der Waals surface area contributed by atoms with E-state index in [0.717, 1.165) is 11.1 Å². The number of benzene rings is 2. The third-order valence-electron chi connectivity index (χ3n) is 5.03. The molecular weight excluding hydrogens is 345 g/mol. The van der Waals surface area contributed by atoms with Gasteiger partial charge in [0.1, 0.15) is 5.82 Å². The predicted molar refractivity (Wildman–Crippen MR) is 99.1 cm³/mol. The number of hydrogen-bond acceptors (Lipinski definition) is 3. The first-order valence-electron chi connectivity index (χ1n) is 8.83.